The number of nitrogens with zero attached hydrogens (tertiary/aromatic N) is 4. The molecule has 5 heteroatoms. The molecule has 0 atom stereocenters. The van der Waals surface area contributed by atoms with Gasteiger partial charge in [0.15, 0.2) is 0 Å². The predicted octanol–water partition coefficient (Wildman–Crippen LogP) is 2.50. The van der Waals surface area contributed by atoms with Gasteiger partial charge in [0.1, 0.15) is 17.3 Å². The Kier molecular flexibility index (Phi) is 3.89. The van der Waals surface area contributed by atoms with Crippen molar-refractivity contribution in [2.24, 2.45) is 0 Å². The van der Waals surface area contributed by atoms with Crippen LogP contribution in [-0.4, -0.2) is 47.1 Å². The number of hydrogen-bond donors (Lipinski definition) is 0. The molecule has 0 amide bonds. The standard InChI is InChI=1S/C14H21ClN4/c1-11-13(15)16-10-17-14(11)19-8-6-18(7-9-19)12-4-2-3-5-12/h10,12H,2-9H2,1H3. The second-order valence-electron chi connectivity index (χ2n) is 5.57. The molecule has 3 rings (SSSR count). The number of piperazine rings is 1. The lowest BCUT2D eigenvalue weighted by Gasteiger charge is -2.39. The fourth-order valence-electron chi connectivity index (χ4n) is 3.31. The van der Waals surface area contributed by atoms with Crippen LogP contribution < -0.4 is 4.90 Å². The van der Waals surface area contributed by atoms with Gasteiger partial charge in [0.05, 0.1) is 0 Å². The summed E-state index contributed by atoms with van der Waals surface area (Å²) in [6.07, 6.45) is 7.15. The van der Waals surface area contributed by atoms with E-state index in [9.17, 15) is 0 Å². The molecule has 2 heterocycles. The Hall–Kier alpha value is -0.870. The minimum atomic E-state index is 0.572. The minimum absolute atomic E-state index is 0.572. The average molecular weight is 281 g/mol. The Morgan fingerprint density at radius 1 is 1.11 bits per heavy atom. The van der Waals surface area contributed by atoms with Gasteiger partial charge < -0.3 is 4.90 Å². The normalized spacial score (nSPS) is 22.1. The van der Waals surface area contributed by atoms with E-state index >= 15 is 0 Å². The Labute approximate surface area is 119 Å². The summed E-state index contributed by atoms with van der Waals surface area (Å²) in [5, 5.41) is 0.572. The highest BCUT2D eigenvalue weighted by Crippen LogP contribution is 2.27. The first-order valence-corrected chi connectivity index (χ1v) is 7.59. The average Bonchev–Trinajstić information content (AvgIpc) is 2.96. The zero-order valence-electron chi connectivity index (χ0n) is 11.5. The van der Waals surface area contributed by atoms with E-state index in [2.05, 4.69) is 19.8 Å². The molecular formula is C14H21ClN4. The van der Waals surface area contributed by atoms with E-state index in [4.69, 9.17) is 11.6 Å². The van der Waals surface area contributed by atoms with Crippen LogP contribution in [0.25, 0.3) is 0 Å². The molecule has 104 valence electrons. The third-order valence-electron chi connectivity index (χ3n) is 4.45. The molecule has 1 aliphatic heterocycles. The van der Waals surface area contributed by atoms with E-state index < -0.39 is 0 Å². The van der Waals surface area contributed by atoms with E-state index in [0.29, 0.717) is 5.15 Å². The molecule has 1 aliphatic carbocycles. The highest BCUT2D eigenvalue weighted by Gasteiger charge is 2.27. The van der Waals surface area contributed by atoms with Crippen LogP contribution in [0.15, 0.2) is 6.33 Å². The molecule has 4 nitrogen and oxygen atoms in total. The molecule has 0 radical (unpaired) electrons. The fraction of sp³-hybridized carbons (Fsp3) is 0.714. The Balaban J connectivity index is 1.64. The van der Waals surface area contributed by atoms with E-state index in [1.54, 1.807) is 6.33 Å². The van der Waals surface area contributed by atoms with Gasteiger partial charge in [0, 0.05) is 37.8 Å². The summed E-state index contributed by atoms with van der Waals surface area (Å²) in [4.78, 5) is 13.4. The topological polar surface area (TPSA) is 32.3 Å². The summed E-state index contributed by atoms with van der Waals surface area (Å²) in [6.45, 7) is 6.38. The smallest absolute Gasteiger partial charge is 0.137 e. The van der Waals surface area contributed by atoms with Crippen molar-refractivity contribution < 1.29 is 0 Å². The lowest BCUT2D eigenvalue weighted by Crippen LogP contribution is -2.50. The third-order valence-corrected chi connectivity index (χ3v) is 4.83. The van der Waals surface area contributed by atoms with Crippen LogP contribution in [0.2, 0.25) is 5.15 Å². The molecule has 2 fully saturated rings. The zero-order valence-corrected chi connectivity index (χ0v) is 12.2. The number of hydrogen-bond acceptors (Lipinski definition) is 4. The molecule has 1 saturated carbocycles. The van der Waals surface area contributed by atoms with Crippen molar-refractivity contribution in [2.45, 2.75) is 38.6 Å². The van der Waals surface area contributed by atoms with Gasteiger partial charge in [-0.25, -0.2) is 9.97 Å². The Morgan fingerprint density at radius 2 is 1.79 bits per heavy atom. The number of aromatic nitrogens is 2. The van der Waals surface area contributed by atoms with Crippen molar-refractivity contribution in [3.8, 4) is 0 Å². The van der Waals surface area contributed by atoms with Crippen molar-refractivity contribution in [1.29, 1.82) is 0 Å². The lowest BCUT2D eigenvalue weighted by atomic mass is 10.1. The van der Waals surface area contributed by atoms with Gasteiger partial charge in [-0.1, -0.05) is 24.4 Å². The van der Waals surface area contributed by atoms with E-state index in [1.807, 2.05) is 6.92 Å². The molecule has 1 aromatic heterocycles. The maximum atomic E-state index is 6.08. The molecule has 2 aliphatic rings. The highest BCUT2D eigenvalue weighted by atomic mass is 35.5. The third kappa shape index (κ3) is 2.70. The van der Waals surface area contributed by atoms with Gasteiger partial charge in [0.25, 0.3) is 0 Å². The van der Waals surface area contributed by atoms with Crippen LogP contribution in [-0.2, 0) is 0 Å². The molecule has 0 bridgehead atoms. The number of rotatable bonds is 2. The summed E-state index contributed by atoms with van der Waals surface area (Å²) in [5.74, 6) is 1.01. The second-order valence-corrected chi connectivity index (χ2v) is 5.93. The molecule has 1 saturated heterocycles. The van der Waals surface area contributed by atoms with E-state index in [0.717, 1.165) is 43.6 Å². The van der Waals surface area contributed by atoms with Crippen molar-refractivity contribution in [3.63, 3.8) is 0 Å². The lowest BCUT2D eigenvalue weighted by molar-refractivity contribution is 0.187. The summed E-state index contributed by atoms with van der Waals surface area (Å²) < 4.78 is 0. The molecule has 0 unspecified atom stereocenters. The van der Waals surface area contributed by atoms with Crippen LogP contribution >= 0.6 is 11.6 Å². The van der Waals surface area contributed by atoms with Gasteiger partial charge in [-0.2, -0.15) is 0 Å². The highest BCUT2D eigenvalue weighted by molar-refractivity contribution is 6.30. The predicted molar refractivity (Wildman–Crippen MR) is 77.8 cm³/mol. The van der Waals surface area contributed by atoms with Gasteiger partial charge in [-0.3, -0.25) is 4.90 Å². The molecule has 0 aromatic carbocycles. The van der Waals surface area contributed by atoms with E-state index in [-0.39, 0.29) is 0 Å². The molecule has 19 heavy (non-hydrogen) atoms. The Morgan fingerprint density at radius 3 is 2.47 bits per heavy atom. The zero-order chi connectivity index (χ0) is 13.2. The van der Waals surface area contributed by atoms with Gasteiger partial charge in [-0.15, -0.1) is 0 Å². The van der Waals surface area contributed by atoms with Crippen molar-refractivity contribution in [3.05, 3.63) is 17.0 Å². The van der Waals surface area contributed by atoms with Gasteiger partial charge in [0.2, 0.25) is 0 Å². The van der Waals surface area contributed by atoms with Crippen LogP contribution in [0.1, 0.15) is 31.2 Å². The van der Waals surface area contributed by atoms with Gasteiger partial charge >= 0.3 is 0 Å². The molecule has 0 spiro atoms. The quantitative estimate of drug-likeness (QED) is 0.779. The summed E-state index contributed by atoms with van der Waals surface area (Å²) in [5.41, 5.74) is 0.999. The maximum absolute atomic E-state index is 6.08. The second kappa shape index (κ2) is 5.63. The van der Waals surface area contributed by atoms with Crippen molar-refractivity contribution >= 4 is 17.4 Å². The largest absolute Gasteiger partial charge is 0.354 e. The van der Waals surface area contributed by atoms with Gasteiger partial charge in [-0.05, 0) is 19.8 Å². The van der Waals surface area contributed by atoms with Crippen molar-refractivity contribution in [2.75, 3.05) is 31.1 Å². The number of anilines is 1. The Bertz CT molecular complexity index is 437. The summed E-state index contributed by atoms with van der Waals surface area (Å²) >= 11 is 6.08. The van der Waals surface area contributed by atoms with Crippen LogP contribution in [0, 0.1) is 6.92 Å². The van der Waals surface area contributed by atoms with Crippen LogP contribution in [0.5, 0.6) is 0 Å². The SMILES string of the molecule is Cc1c(Cl)ncnc1N1CCN(C2CCCC2)CC1. The summed E-state index contributed by atoms with van der Waals surface area (Å²) in [7, 11) is 0. The van der Waals surface area contributed by atoms with Crippen LogP contribution in [0.4, 0.5) is 5.82 Å². The van der Waals surface area contributed by atoms with Crippen molar-refractivity contribution in [1.82, 2.24) is 14.9 Å². The summed E-state index contributed by atoms with van der Waals surface area (Å²) in [6, 6.07) is 0.831. The first kappa shape index (κ1) is 13.1. The first-order valence-electron chi connectivity index (χ1n) is 7.22. The molecule has 0 N–H and O–H groups in total. The maximum Gasteiger partial charge on any atom is 0.137 e. The number of halogens is 1. The minimum Gasteiger partial charge on any atom is -0.354 e. The fourth-order valence-corrected chi connectivity index (χ4v) is 3.44. The van der Waals surface area contributed by atoms with Crippen LogP contribution in [0.3, 0.4) is 0 Å². The monoisotopic (exact) mass is 280 g/mol. The first-order chi connectivity index (χ1) is 9.25. The molecule has 1 aromatic rings. The molecular weight excluding hydrogens is 260 g/mol. The van der Waals surface area contributed by atoms with E-state index in [1.165, 1.54) is 25.7 Å².